The number of hydrogen-bond acceptors (Lipinski definition) is 3. The van der Waals surface area contributed by atoms with Crippen LogP contribution in [0.3, 0.4) is 0 Å². The van der Waals surface area contributed by atoms with Crippen LogP contribution < -0.4 is 5.32 Å². The van der Waals surface area contributed by atoms with E-state index < -0.39 is 0 Å². The van der Waals surface area contributed by atoms with Crippen LogP contribution >= 0.6 is 0 Å². The number of hydrogen-bond donors (Lipinski definition) is 1. The molecule has 4 nitrogen and oxygen atoms in total. The minimum Gasteiger partial charge on any atom is -0.316 e. The largest absolute Gasteiger partial charge is 0.316 e. The van der Waals surface area contributed by atoms with Crippen molar-refractivity contribution in [1.82, 2.24) is 19.9 Å². The molecule has 0 aliphatic carbocycles. The quantitative estimate of drug-likeness (QED) is 0.720. The van der Waals surface area contributed by atoms with Gasteiger partial charge in [-0.1, -0.05) is 0 Å². The Balaban J connectivity index is 2.11. The molecule has 0 amide bonds. The number of aromatic nitrogens is 3. The van der Waals surface area contributed by atoms with Gasteiger partial charge in [-0.05, 0) is 19.0 Å². The predicted molar refractivity (Wildman–Crippen MR) is 53.2 cm³/mol. The van der Waals surface area contributed by atoms with Crippen molar-refractivity contribution in [3.05, 3.63) is 30.2 Å². The van der Waals surface area contributed by atoms with Crippen molar-refractivity contribution in [3.63, 3.8) is 0 Å². The van der Waals surface area contributed by atoms with Crippen molar-refractivity contribution in [1.29, 1.82) is 0 Å². The van der Waals surface area contributed by atoms with E-state index in [2.05, 4.69) is 15.4 Å². The summed E-state index contributed by atoms with van der Waals surface area (Å²) in [6.07, 6.45) is 6.90. The Morgan fingerprint density at radius 1 is 1.50 bits per heavy atom. The third-order valence-corrected chi connectivity index (χ3v) is 2.81. The molecular formula is C10H12N4. The molecule has 2 aromatic rings. The second-order valence-electron chi connectivity index (χ2n) is 3.68. The SMILES string of the molecule is c1cnc2c(C3CCNC3)cnn2c1. The molecule has 72 valence electrons. The van der Waals surface area contributed by atoms with Gasteiger partial charge in [0.15, 0.2) is 5.65 Å². The molecule has 1 unspecified atom stereocenters. The minimum absolute atomic E-state index is 0.586. The summed E-state index contributed by atoms with van der Waals surface area (Å²) in [6, 6.07) is 1.90. The second-order valence-corrected chi connectivity index (χ2v) is 3.68. The first-order valence-corrected chi connectivity index (χ1v) is 4.94. The number of nitrogens with zero attached hydrogens (tertiary/aromatic N) is 3. The minimum atomic E-state index is 0.586. The summed E-state index contributed by atoms with van der Waals surface area (Å²) in [6.45, 7) is 2.16. The number of fused-ring (bicyclic) bond motifs is 1. The van der Waals surface area contributed by atoms with Gasteiger partial charge in [0.25, 0.3) is 0 Å². The van der Waals surface area contributed by atoms with Crippen molar-refractivity contribution in [2.24, 2.45) is 0 Å². The molecule has 0 radical (unpaired) electrons. The van der Waals surface area contributed by atoms with E-state index in [1.807, 2.05) is 29.2 Å². The van der Waals surface area contributed by atoms with Crippen LogP contribution in [0.5, 0.6) is 0 Å². The van der Waals surface area contributed by atoms with Gasteiger partial charge in [0.1, 0.15) is 0 Å². The van der Waals surface area contributed by atoms with E-state index in [9.17, 15) is 0 Å². The molecule has 1 N–H and O–H groups in total. The van der Waals surface area contributed by atoms with Crippen molar-refractivity contribution in [2.45, 2.75) is 12.3 Å². The van der Waals surface area contributed by atoms with E-state index in [1.165, 1.54) is 12.0 Å². The van der Waals surface area contributed by atoms with Gasteiger partial charge < -0.3 is 5.32 Å². The number of nitrogens with one attached hydrogen (secondary N) is 1. The Hall–Kier alpha value is -1.42. The summed E-state index contributed by atoms with van der Waals surface area (Å²) in [5.74, 6) is 0.586. The molecule has 4 heteroatoms. The van der Waals surface area contributed by atoms with E-state index in [4.69, 9.17) is 0 Å². The molecule has 1 atom stereocenters. The maximum Gasteiger partial charge on any atom is 0.158 e. The topological polar surface area (TPSA) is 42.2 Å². The van der Waals surface area contributed by atoms with E-state index in [-0.39, 0.29) is 0 Å². The normalized spacial score (nSPS) is 21.9. The average Bonchev–Trinajstić information content (AvgIpc) is 2.85. The van der Waals surface area contributed by atoms with Crippen LogP contribution in [-0.2, 0) is 0 Å². The molecule has 3 rings (SSSR count). The molecule has 1 aliphatic heterocycles. The van der Waals surface area contributed by atoms with Crippen LogP contribution in [0.15, 0.2) is 24.7 Å². The lowest BCUT2D eigenvalue weighted by Crippen LogP contribution is -2.07. The third-order valence-electron chi connectivity index (χ3n) is 2.81. The van der Waals surface area contributed by atoms with Gasteiger partial charge in [0, 0.05) is 30.4 Å². The molecule has 0 aromatic carbocycles. The Kier molecular flexibility index (Phi) is 1.73. The van der Waals surface area contributed by atoms with Crippen molar-refractivity contribution < 1.29 is 0 Å². The van der Waals surface area contributed by atoms with Gasteiger partial charge in [-0.2, -0.15) is 5.10 Å². The van der Waals surface area contributed by atoms with Gasteiger partial charge >= 0.3 is 0 Å². The molecule has 3 heterocycles. The molecule has 0 spiro atoms. The van der Waals surface area contributed by atoms with Crippen LogP contribution in [0.25, 0.3) is 5.65 Å². The zero-order valence-corrected chi connectivity index (χ0v) is 7.85. The molecule has 0 saturated carbocycles. The van der Waals surface area contributed by atoms with E-state index in [0.717, 1.165) is 18.7 Å². The standard InChI is InChI=1S/C10H12N4/c1-3-12-10-9(7-13-14(10)5-1)8-2-4-11-6-8/h1,3,5,7-8,11H,2,4,6H2. The summed E-state index contributed by atoms with van der Waals surface area (Å²) in [7, 11) is 0. The average molecular weight is 188 g/mol. The van der Waals surface area contributed by atoms with Crippen molar-refractivity contribution in [2.75, 3.05) is 13.1 Å². The monoisotopic (exact) mass is 188 g/mol. The Labute approximate surface area is 82.0 Å². The first-order valence-electron chi connectivity index (χ1n) is 4.94. The molecule has 2 aromatic heterocycles. The van der Waals surface area contributed by atoms with Gasteiger partial charge in [-0.25, -0.2) is 9.50 Å². The molecule has 1 saturated heterocycles. The highest BCUT2D eigenvalue weighted by atomic mass is 15.2. The molecule has 0 bridgehead atoms. The lowest BCUT2D eigenvalue weighted by atomic mass is 10.0. The highest BCUT2D eigenvalue weighted by Gasteiger charge is 2.20. The van der Waals surface area contributed by atoms with E-state index in [0.29, 0.717) is 5.92 Å². The lowest BCUT2D eigenvalue weighted by Gasteiger charge is -2.04. The van der Waals surface area contributed by atoms with Crippen LogP contribution in [-0.4, -0.2) is 27.7 Å². The zero-order valence-electron chi connectivity index (χ0n) is 7.85. The van der Waals surface area contributed by atoms with Crippen LogP contribution in [0.2, 0.25) is 0 Å². The third kappa shape index (κ3) is 1.11. The first-order chi connectivity index (χ1) is 6.95. The van der Waals surface area contributed by atoms with Crippen LogP contribution in [0.1, 0.15) is 17.9 Å². The highest BCUT2D eigenvalue weighted by Crippen LogP contribution is 2.24. The lowest BCUT2D eigenvalue weighted by molar-refractivity contribution is 0.767. The van der Waals surface area contributed by atoms with Crippen molar-refractivity contribution in [3.8, 4) is 0 Å². The fraction of sp³-hybridized carbons (Fsp3) is 0.400. The summed E-state index contributed by atoms with van der Waals surface area (Å²) in [5, 5.41) is 7.65. The van der Waals surface area contributed by atoms with Crippen molar-refractivity contribution >= 4 is 5.65 Å². The van der Waals surface area contributed by atoms with Gasteiger partial charge in [-0.3, -0.25) is 0 Å². The zero-order chi connectivity index (χ0) is 9.38. The molecule has 14 heavy (non-hydrogen) atoms. The van der Waals surface area contributed by atoms with Crippen LogP contribution in [0, 0.1) is 0 Å². The van der Waals surface area contributed by atoms with Gasteiger partial charge in [0.05, 0.1) is 6.20 Å². The predicted octanol–water partition coefficient (Wildman–Crippen LogP) is 0.806. The molecule has 1 aliphatic rings. The summed E-state index contributed by atoms with van der Waals surface area (Å²) in [5.41, 5.74) is 2.27. The fourth-order valence-electron chi connectivity index (χ4n) is 2.05. The maximum absolute atomic E-state index is 4.36. The fourth-order valence-corrected chi connectivity index (χ4v) is 2.05. The van der Waals surface area contributed by atoms with E-state index >= 15 is 0 Å². The number of rotatable bonds is 1. The summed E-state index contributed by atoms with van der Waals surface area (Å²) < 4.78 is 1.84. The first kappa shape index (κ1) is 7.94. The highest BCUT2D eigenvalue weighted by molar-refractivity contribution is 5.48. The Morgan fingerprint density at radius 3 is 3.36 bits per heavy atom. The molecular weight excluding hydrogens is 176 g/mol. The van der Waals surface area contributed by atoms with Crippen LogP contribution in [0.4, 0.5) is 0 Å². The van der Waals surface area contributed by atoms with Gasteiger partial charge in [0.2, 0.25) is 0 Å². The second kappa shape index (κ2) is 3.06. The Morgan fingerprint density at radius 2 is 2.50 bits per heavy atom. The van der Waals surface area contributed by atoms with E-state index in [1.54, 1.807) is 0 Å². The summed E-state index contributed by atoms with van der Waals surface area (Å²) >= 11 is 0. The Bertz CT molecular complexity index is 442. The summed E-state index contributed by atoms with van der Waals surface area (Å²) in [4.78, 5) is 4.36. The smallest absolute Gasteiger partial charge is 0.158 e. The maximum atomic E-state index is 4.36. The molecule has 1 fully saturated rings. The van der Waals surface area contributed by atoms with Gasteiger partial charge in [-0.15, -0.1) is 0 Å².